The van der Waals surface area contributed by atoms with Crippen LogP contribution in [0.4, 0.5) is 5.82 Å². The second kappa shape index (κ2) is 5.83. The first kappa shape index (κ1) is 12.8. The van der Waals surface area contributed by atoms with Crippen molar-refractivity contribution in [3.63, 3.8) is 0 Å². The Bertz CT molecular complexity index is 446. The molecule has 0 aliphatic heterocycles. The predicted octanol–water partition coefficient (Wildman–Crippen LogP) is 2.16. The highest BCUT2D eigenvalue weighted by atomic mass is 15.2. The number of likely N-dealkylation sites (N-methyl/N-ethyl adjacent to an activating group) is 1. The summed E-state index contributed by atoms with van der Waals surface area (Å²) in [7, 11) is 0. The zero-order chi connectivity index (χ0) is 13.0. The molecule has 1 aliphatic rings. The van der Waals surface area contributed by atoms with Gasteiger partial charge >= 0.3 is 0 Å². The van der Waals surface area contributed by atoms with Crippen LogP contribution in [0.2, 0.25) is 0 Å². The molecule has 1 saturated carbocycles. The molecular formula is C14H20N4. The molecule has 0 bridgehead atoms. The van der Waals surface area contributed by atoms with Crippen molar-refractivity contribution < 1.29 is 0 Å². The summed E-state index contributed by atoms with van der Waals surface area (Å²) in [5.74, 6) is 0.712. The largest absolute Gasteiger partial charge is 0.368 e. The molecule has 18 heavy (non-hydrogen) atoms. The molecule has 0 aromatic carbocycles. The van der Waals surface area contributed by atoms with Crippen LogP contribution >= 0.6 is 0 Å². The van der Waals surface area contributed by atoms with Gasteiger partial charge in [0.2, 0.25) is 0 Å². The van der Waals surface area contributed by atoms with Crippen molar-refractivity contribution in [3.05, 3.63) is 23.4 Å². The van der Waals surface area contributed by atoms with Crippen molar-refractivity contribution in [2.75, 3.05) is 25.0 Å². The van der Waals surface area contributed by atoms with Gasteiger partial charge in [0.25, 0.3) is 0 Å². The van der Waals surface area contributed by atoms with Gasteiger partial charge in [-0.2, -0.15) is 5.26 Å². The Morgan fingerprint density at radius 3 is 2.89 bits per heavy atom. The van der Waals surface area contributed by atoms with E-state index in [1.807, 2.05) is 19.1 Å². The quantitative estimate of drug-likeness (QED) is 0.833. The smallest absolute Gasteiger partial charge is 0.144 e. The fourth-order valence-corrected chi connectivity index (χ4v) is 2.14. The summed E-state index contributed by atoms with van der Waals surface area (Å²) >= 11 is 0. The minimum Gasteiger partial charge on any atom is -0.368 e. The predicted molar refractivity (Wildman–Crippen MR) is 72.4 cm³/mol. The Morgan fingerprint density at radius 1 is 1.50 bits per heavy atom. The summed E-state index contributed by atoms with van der Waals surface area (Å²) in [6.07, 6.45) is 2.67. The van der Waals surface area contributed by atoms with Gasteiger partial charge in [0.1, 0.15) is 11.9 Å². The second-order valence-corrected chi connectivity index (χ2v) is 4.75. The van der Waals surface area contributed by atoms with Gasteiger partial charge in [-0.15, -0.1) is 0 Å². The standard InChI is InChI=1S/C14H20N4/c1-3-18(13-6-7-13)9-8-16-14-12(10-15)5-4-11(2)17-14/h4-5,13H,3,6-9H2,1-2H3,(H,16,17). The Morgan fingerprint density at radius 2 is 2.28 bits per heavy atom. The van der Waals surface area contributed by atoms with Crippen LogP contribution in [-0.4, -0.2) is 35.6 Å². The molecule has 4 heteroatoms. The summed E-state index contributed by atoms with van der Waals surface area (Å²) in [5.41, 5.74) is 1.56. The van der Waals surface area contributed by atoms with E-state index in [-0.39, 0.29) is 0 Å². The van der Waals surface area contributed by atoms with Gasteiger partial charge in [-0.05, 0) is 38.4 Å². The van der Waals surface area contributed by atoms with Gasteiger partial charge in [-0.1, -0.05) is 6.92 Å². The Hall–Kier alpha value is -1.60. The van der Waals surface area contributed by atoms with E-state index in [2.05, 4.69) is 28.2 Å². The Balaban J connectivity index is 1.89. The lowest BCUT2D eigenvalue weighted by atomic mass is 10.2. The van der Waals surface area contributed by atoms with Crippen LogP contribution < -0.4 is 5.32 Å². The maximum Gasteiger partial charge on any atom is 0.144 e. The Kier molecular flexibility index (Phi) is 4.16. The van der Waals surface area contributed by atoms with E-state index in [0.717, 1.165) is 31.4 Å². The van der Waals surface area contributed by atoms with Crippen LogP contribution in [0.1, 0.15) is 31.0 Å². The number of hydrogen-bond acceptors (Lipinski definition) is 4. The molecule has 0 atom stereocenters. The van der Waals surface area contributed by atoms with Crippen LogP contribution in [0, 0.1) is 18.3 Å². The highest BCUT2D eigenvalue weighted by molar-refractivity contribution is 5.52. The third-order valence-corrected chi connectivity index (χ3v) is 3.32. The van der Waals surface area contributed by atoms with Gasteiger partial charge < -0.3 is 5.32 Å². The van der Waals surface area contributed by atoms with Crippen molar-refractivity contribution in [2.45, 2.75) is 32.7 Å². The van der Waals surface area contributed by atoms with E-state index in [1.54, 1.807) is 0 Å². The summed E-state index contributed by atoms with van der Waals surface area (Å²) < 4.78 is 0. The minimum atomic E-state index is 0.620. The monoisotopic (exact) mass is 244 g/mol. The zero-order valence-electron chi connectivity index (χ0n) is 11.1. The lowest BCUT2D eigenvalue weighted by Gasteiger charge is -2.20. The first-order valence-corrected chi connectivity index (χ1v) is 6.60. The fourth-order valence-electron chi connectivity index (χ4n) is 2.14. The lowest BCUT2D eigenvalue weighted by Crippen LogP contribution is -2.31. The van der Waals surface area contributed by atoms with Gasteiger partial charge in [0, 0.05) is 24.8 Å². The molecule has 0 spiro atoms. The first-order valence-electron chi connectivity index (χ1n) is 6.60. The van der Waals surface area contributed by atoms with E-state index in [4.69, 9.17) is 5.26 Å². The van der Waals surface area contributed by atoms with Crippen LogP contribution in [-0.2, 0) is 0 Å². The van der Waals surface area contributed by atoms with Crippen molar-refractivity contribution >= 4 is 5.82 Å². The second-order valence-electron chi connectivity index (χ2n) is 4.75. The molecule has 1 aromatic rings. The van der Waals surface area contributed by atoms with Crippen LogP contribution in [0.25, 0.3) is 0 Å². The number of nitriles is 1. The molecule has 2 rings (SSSR count). The van der Waals surface area contributed by atoms with Gasteiger partial charge in [-0.3, -0.25) is 4.90 Å². The number of nitrogens with zero attached hydrogens (tertiary/aromatic N) is 3. The summed E-state index contributed by atoms with van der Waals surface area (Å²) in [5, 5.41) is 12.3. The lowest BCUT2D eigenvalue weighted by molar-refractivity contribution is 0.289. The van der Waals surface area contributed by atoms with E-state index in [9.17, 15) is 0 Å². The molecule has 96 valence electrons. The maximum absolute atomic E-state index is 9.02. The van der Waals surface area contributed by atoms with E-state index in [1.165, 1.54) is 12.8 Å². The molecule has 1 aliphatic carbocycles. The topological polar surface area (TPSA) is 52.0 Å². The van der Waals surface area contributed by atoms with E-state index in [0.29, 0.717) is 11.4 Å². The molecule has 0 amide bonds. The average Bonchev–Trinajstić information content (AvgIpc) is 3.19. The van der Waals surface area contributed by atoms with E-state index < -0.39 is 0 Å². The third kappa shape index (κ3) is 3.21. The molecule has 1 N–H and O–H groups in total. The minimum absolute atomic E-state index is 0.620. The average molecular weight is 244 g/mol. The van der Waals surface area contributed by atoms with Crippen molar-refractivity contribution in [2.24, 2.45) is 0 Å². The molecule has 4 nitrogen and oxygen atoms in total. The molecule has 0 radical (unpaired) electrons. The van der Waals surface area contributed by atoms with Crippen LogP contribution in [0.15, 0.2) is 12.1 Å². The molecule has 1 heterocycles. The zero-order valence-corrected chi connectivity index (χ0v) is 11.1. The summed E-state index contributed by atoms with van der Waals surface area (Å²) in [4.78, 5) is 6.86. The number of aromatic nitrogens is 1. The van der Waals surface area contributed by atoms with Gasteiger partial charge in [-0.25, -0.2) is 4.98 Å². The SMILES string of the molecule is CCN(CCNc1nc(C)ccc1C#N)C1CC1. The maximum atomic E-state index is 9.02. The molecule has 0 saturated heterocycles. The van der Waals surface area contributed by atoms with Crippen molar-refractivity contribution in [1.82, 2.24) is 9.88 Å². The normalized spacial score (nSPS) is 14.6. The Labute approximate surface area is 109 Å². The van der Waals surface area contributed by atoms with E-state index >= 15 is 0 Å². The van der Waals surface area contributed by atoms with Crippen molar-refractivity contribution in [1.29, 1.82) is 5.26 Å². The third-order valence-electron chi connectivity index (χ3n) is 3.32. The number of rotatable bonds is 6. The number of pyridine rings is 1. The highest BCUT2D eigenvalue weighted by Crippen LogP contribution is 2.26. The van der Waals surface area contributed by atoms with Gasteiger partial charge in [0.05, 0.1) is 5.56 Å². The number of anilines is 1. The van der Waals surface area contributed by atoms with Crippen LogP contribution in [0.3, 0.4) is 0 Å². The fraction of sp³-hybridized carbons (Fsp3) is 0.571. The number of hydrogen-bond donors (Lipinski definition) is 1. The highest BCUT2D eigenvalue weighted by Gasteiger charge is 2.27. The number of aryl methyl sites for hydroxylation is 1. The van der Waals surface area contributed by atoms with Crippen molar-refractivity contribution in [3.8, 4) is 6.07 Å². The summed E-state index contributed by atoms with van der Waals surface area (Å²) in [6.45, 7) is 7.09. The molecule has 1 fully saturated rings. The molecule has 1 aromatic heterocycles. The van der Waals surface area contributed by atoms with Gasteiger partial charge in [0.15, 0.2) is 0 Å². The van der Waals surface area contributed by atoms with Crippen LogP contribution in [0.5, 0.6) is 0 Å². The first-order chi connectivity index (χ1) is 8.74. The molecule has 0 unspecified atom stereocenters. The molecular weight excluding hydrogens is 224 g/mol. The summed E-state index contributed by atoms with van der Waals surface area (Å²) in [6, 6.07) is 6.65. The number of nitrogens with one attached hydrogen (secondary N) is 1.